The predicted molar refractivity (Wildman–Crippen MR) is 62.7 cm³/mol. The number of nitrogens with one attached hydrogen (secondary N) is 2. The number of nitrogens with two attached hydrogens (primary N) is 1. The number of rotatable bonds is 5. The molecule has 0 fully saturated rings. The van der Waals surface area contributed by atoms with E-state index >= 15 is 0 Å². The maximum atomic E-state index is 11.7. The average Bonchev–Trinajstić information content (AvgIpc) is 2.15. The van der Waals surface area contributed by atoms with E-state index in [-0.39, 0.29) is 11.4 Å². The van der Waals surface area contributed by atoms with Crippen molar-refractivity contribution < 1.29 is 9.47 Å². The van der Waals surface area contributed by atoms with E-state index in [4.69, 9.17) is 15.2 Å². The summed E-state index contributed by atoms with van der Waals surface area (Å²) in [6.07, 6.45) is 0. The third-order valence-electron chi connectivity index (χ3n) is 2.27. The number of hydrogen-bond acceptors (Lipinski definition) is 5. The van der Waals surface area contributed by atoms with Crippen molar-refractivity contribution in [3.63, 3.8) is 0 Å². The van der Waals surface area contributed by atoms with Gasteiger partial charge < -0.3 is 15.2 Å². The van der Waals surface area contributed by atoms with Crippen LogP contribution in [-0.2, 0) is 15.3 Å². The Morgan fingerprint density at radius 3 is 2.12 bits per heavy atom. The highest BCUT2D eigenvalue weighted by Crippen LogP contribution is 2.26. The van der Waals surface area contributed by atoms with Gasteiger partial charge >= 0.3 is 5.69 Å². The van der Waals surface area contributed by atoms with Gasteiger partial charge in [0.05, 0.1) is 0 Å². The van der Waals surface area contributed by atoms with Crippen molar-refractivity contribution >= 4 is 5.82 Å². The summed E-state index contributed by atoms with van der Waals surface area (Å²) in [5, 5.41) is 0. The fourth-order valence-electron chi connectivity index (χ4n) is 1.69. The zero-order valence-electron chi connectivity index (χ0n) is 10.1. The maximum Gasteiger partial charge on any atom is 0.327 e. The van der Waals surface area contributed by atoms with E-state index in [1.807, 2.05) is 0 Å². The molecular formula is C10H17N3O4. The molecule has 0 aliphatic heterocycles. The Kier molecular flexibility index (Phi) is 4.08. The van der Waals surface area contributed by atoms with Crippen LogP contribution in [0.2, 0.25) is 0 Å². The molecule has 0 radical (unpaired) electrons. The third kappa shape index (κ3) is 2.75. The summed E-state index contributed by atoms with van der Waals surface area (Å²) in [6, 6.07) is 0. The van der Waals surface area contributed by atoms with Crippen LogP contribution >= 0.6 is 0 Å². The number of anilines is 1. The predicted octanol–water partition coefficient (Wildman–Crippen LogP) is -0.109. The van der Waals surface area contributed by atoms with Crippen molar-refractivity contribution in [1.82, 2.24) is 9.97 Å². The number of aromatic amines is 2. The molecule has 1 aromatic heterocycles. The van der Waals surface area contributed by atoms with Gasteiger partial charge in [-0.2, -0.15) is 0 Å². The van der Waals surface area contributed by atoms with Gasteiger partial charge in [-0.15, -0.1) is 0 Å². The second-order valence-corrected chi connectivity index (χ2v) is 3.51. The zero-order chi connectivity index (χ0) is 13.1. The third-order valence-corrected chi connectivity index (χ3v) is 2.27. The lowest BCUT2D eigenvalue weighted by Crippen LogP contribution is -2.40. The largest absolute Gasteiger partial charge is 0.385 e. The van der Waals surface area contributed by atoms with Crippen LogP contribution in [0.5, 0.6) is 0 Å². The van der Waals surface area contributed by atoms with Crippen LogP contribution in [0.3, 0.4) is 0 Å². The summed E-state index contributed by atoms with van der Waals surface area (Å²) < 4.78 is 10.8. The molecule has 0 aliphatic rings. The molecule has 0 saturated carbocycles. The first-order chi connectivity index (χ1) is 7.94. The first-order valence-corrected chi connectivity index (χ1v) is 5.35. The van der Waals surface area contributed by atoms with E-state index in [0.29, 0.717) is 13.2 Å². The molecule has 17 heavy (non-hydrogen) atoms. The van der Waals surface area contributed by atoms with Gasteiger partial charge in [0.2, 0.25) is 5.79 Å². The molecule has 0 saturated heterocycles. The topological polar surface area (TPSA) is 110 Å². The summed E-state index contributed by atoms with van der Waals surface area (Å²) in [7, 11) is 0. The SMILES string of the molecule is CCOC(C)(OCC)c1c(N)[nH]c(=O)[nH]c1=O. The van der Waals surface area contributed by atoms with E-state index < -0.39 is 17.0 Å². The second kappa shape index (κ2) is 5.15. The summed E-state index contributed by atoms with van der Waals surface area (Å²) >= 11 is 0. The first kappa shape index (κ1) is 13.5. The molecule has 1 rings (SSSR count). The molecule has 7 nitrogen and oxygen atoms in total. The fraction of sp³-hybridized carbons (Fsp3) is 0.600. The summed E-state index contributed by atoms with van der Waals surface area (Å²) in [5.41, 5.74) is 4.43. The van der Waals surface area contributed by atoms with Gasteiger partial charge in [-0.25, -0.2) is 4.79 Å². The first-order valence-electron chi connectivity index (χ1n) is 5.35. The Bertz CT molecular complexity index is 485. The van der Waals surface area contributed by atoms with Gasteiger partial charge in [-0.3, -0.25) is 14.8 Å². The highest BCUT2D eigenvalue weighted by atomic mass is 16.7. The molecule has 0 bridgehead atoms. The Morgan fingerprint density at radius 2 is 1.71 bits per heavy atom. The molecule has 96 valence electrons. The molecule has 0 aromatic carbocycles. The Balaban J connectivity index is 3.38. The number of hydrogen-bond donors (Lipinski definition) is 3. The number of H-pyrrole nitrogens is 2. The van der Waals surface area contributed by atoms with Crippen molar-refractivity contribution in [2.45, 2.75) is 26.6 Å². The zero-order valence-corrected chi connectivity index (χ0v) is 10.1. The van der Waals surface area contributed by atoms with Gasteiger partial charge in [0.1, 0.15) is 11.4 Å². The standard InChI is InChI=1S/C10H17N3O4/c1-4-16-10(3,17-5-2)6-7(11)12-9(15)13-8(6)14/h4-5H2,1-3H3,(H4,11,12,13,14,15). The minimum atomic E-state index is -1.27. The Labute approximate surface area is 98.0 Å². The van der Waals surface area contributed by atoms with E-state index in [2.05, 4.69) is 9.97 Å². The minimum absolute atomic E-state index is 0.0526. The van der Waals surface area contributed by atoms with Crippen LogP contribution in [0.25, 0.3) is 0 Å². The van der Waals surface area contributed by atoms with E-state index in [1.165, 1.54) is 0 Å². The van der Waals surface area contributed by atoms with Crippen LogP contribution in [0, 0.1) is 0 Å². The molecule has 1 aromatic rings. The molecule has 7 heteroatoms. The minimum Gasteiger partial charge on any atom is -0.385 e. The van der Waals surface area contributed by atoms with E-state index in [9.17, 15) is 9.59 Å². The lowest BCUT2D eigenvalue weighted by atomic mass is 10.1. The Hall–Kier alpha value is -1.60. The van der Waals surface area contributed by atoms with E-state index in [1.54, 1.807) is 20.8 Å². The van der Waals surface area contributed by atoms with Crippen molar-refractivity contribution in [3.8, 4) is 0 Å². The lowest BCUT2D eigenvalue weighted by Gasteiger charge is -2.29. The summed E-state index contributed by atoms with van der Waals surface area (Å²) in [4.78, 5) is 27.2. The van der Waals surface area contributed by atoms with Crippen molar-refractivity contribution in [2.24, 2.45) is 0 Å². The van der Waals surface area contributed by atoms with Crippen molar-refractivity contribution in [2.75, 3.05) is 18.9 Å². The molecule has 0 atom stereocenters. The van der Waals surface area contributed by atoms with Crippen molar-refractivity contribution in [3.05, 3.63) is 26.4 Å². The smallest absolute Gasteiger partial charge is 0.327 e. The van der Waals surface area contributed by atoms with Crippen molar-refractivity contribution in [1.29, 1.82) is 0 Å². The number of nitrogen functional groups attached to an aromatic ring is 1. The van der Waals surface area contributed by atoms with E-state index in [0.717, 1.165) is 0 Å². The molecule has 0 unspecified atom stereocenters. The molecule has 0 amide bonds. The van der Waals surface area contributed by atoms with Crippen LogP contribution in [0.1, 0.15) is 26.3 Å². The highest BCUT2D eigenvalue weighted by Gasteiger charge is 2.33. The second-order valence-electron chi connectivity index (χ2n) is 3.51. The van der Waals surface area contributed by atoms with Crippen LogP contribution in [0.4, 0.5) is 5.82 Å². The summed E-state index contributed by atoms with van der Waals surface area (Å²) in [5.74, 6) is -1.33. The lowest BCUT2D eigenvalue weighted by molar-refractivity contribution is -0.230. The Morgan fingerprint density at radius 1 is 1.18 bits per heavy atom. The molecule has 4 N–H and O–H groups in total. The number of aromatic nitrogens is 2. The average molecular weight is 243 g/mol. The molecule has 1 heterocycles. The van der Waals surface area contributed by atoms with Gasteiger partial charge in [0.25, 0.3) is 5.56 Å². The van der Waals surface area contributed by atoms with Crippen LogP contribution < -0.4 is 17.0 Å². The van der Waals surface area contributed by atoms with Gasteiger partial charge in [0, 0.05) is 13.2 Å². The monoisotopic (exact) mass is 243 g/mol. The molecule has 0 spiro atoms. The van der Waals surface area contributed by atoms with Crippen LogP contribution in [0.15, 0.2) is 9.59 Å². The number of ether oxygens (including phenoxy) is 2. The van der Waals surface area contributed by atoms with Gasteiger partial charge in [0.15, 0.2) is 0 Å². The normalized spacial score (nSPS) is 11.7. The van der Waals surface area contributed by atoms with Gasteiger partial charge in [-0.1, -0.05) is 0 Å². The van der Waals surface area contributed by atoms with Crippen LogP contribution in [-0.4, -0.2) is 23.2 Å². The maximum absolute atomic E-state index is 11.7. The molecular weight excluding hydrogens is 226 g/mol. The summed E-state index contributed by atoms with van der Waals surface area (Å²) in [6.45, 7) is 5.81. The highest BCUT2D eigenvalue weighted by molar-refractivity contribution is 5.39. The fourth-order valence-corrected chi connectivity index (χ4v) is 1.69. The molecule has 0 aliphatic carbocycles. The quantitative estimate of drug-likeness (QED) is 0.625. The van der Waals surface area contributed by atoms with Gasteiger partial charge in [-0.05, 0) is 20.8 Å².